The van der Waals surface area contributed by atoms with Crippen molar-refractivity contribution in [3.63, 3.8) is 0 Å². The molecule has 0 fully saturated rings. The molecule has 0 heterocycles. The molecule has 0 saturated heterocycles. The fourth-order valence-electron chi connectivity index (χ4n) is 2.44. The fourth-order valence-corrected chi connectivity index (χ4v) is 2.44. The number of halogens is 1. The summed E-state index contributed by atoms with van der Waals surface area (Å²) in [7, 11) is 0. The van der Waals surface area contributed by atoms with E-state index in [1.165, 1.54) is 12.1 Å². The summed E-state index contributed by atoms with van der Waals surface area (Å²) in [5.41, 5.74) is 1.29. The molecule has 25 heavy (non-hydrogen) atoms. The third-order valence-electron chi connectivity index (χ3n) is 3.85. The van der Waals surface area contributed by atoms with Gasteiger partial charge in [-0.2, -0.15) is 0 Å². The van der Waals surface area contributed by atoms with Crippen molar-refractivity contribution in [3.05, 3.63) is 65.5 Å². The Bertz CT molecular complexity index is 700. The fraction of sp³-hybridized carbons (Fsp3) is 0.350. The molecule has 0 aromatic heterocycles. The van der Waals surface area contributed by atoms with Crippen LogP contribution in [0.4, 0.5) is 4.39 Å². The number of aliphatic hydroxyl groups is 1. The molecule has 0 aliphatic heterocycles. The lowest BCUT2D eigenvalue weighted by atomic mass is 10.00. The van der Waals surface area contributed by atoms with Gasteiger partial charge >= 0.3 is 0 Å². The van der Waals surface area contributed by atoms with Gasteiger partial charge in [-0.25, -0.2) is 4.39 Å². The molecule has 4 nitrogen and oxygen atoms in total. The molecule has 0 aliphatic carbocycles. The molecule has 0 aliphatic rings. The number of rotatable bonds is 7. The van der Waals surface area contributed by atoms with Crippen LogP contribution in [-0.2, 0) is 4.79 Å². The first-order chi connectivity index (χ1) is 11.9. The van der Waals surface area contributed by atoms with Crippen LogP contribution < -0.4 is 10.1 Å². The van der Waals surface area contributed by atoms with Crippen LogP contribution in [0.15, 0.2) is 48.5 Å². The second kappa shape index (κ2) is 8.62. The highest BCUT2D eigenvalue weighted by Crippen LogP contribution is 2.19. The quantitative estimate of drug-likeness (QED) is 0.807. The van der Waals surface area contributed by atoms with Gasteiger partial charge in [0.2, 0.25) is 5.91 Å². The molecule has 0 saturated carbocycles. The van der Waals surface area contributed by atoms with Crippen LogP contribution in [0.5, 0.6) is 5.75 Å². The molecule has 5 heteroatoms. The summed E-state index contributed by atoms with van der Waals surface area (Å²) in [4.78, 5) is 12.2. The summed E-state index contributed by atoms with van der Waals surface area (Å²) in [6, 6.07) is 13.1. The van der Waals surface area contributed by atoms with Crippen molar-refractivity contribution in [3.8, 4) is 5.75 Å². The van der Waals surface area contributed by atoms with Gasteiger partial charge in [-0.1, -0.05) is 24.3 Å². The Morgan fingerprint density at radius 1 is 1.12 bits per heavy atom. The van der Waals surface area contributed by atoms with Gasteiger partial charge < -0.3 is 15.2 Å². The highest BCUT2D eigenvalue weighted by molar-refractivity contribution is 5.83. The number of nitrogens with one attached hydrogen (secondary N) is 1. The number of hydrogen-bond donors (Lipinski definition) is 2. The first-order valence-corrected chi connectivity index (χ1v) is 8.34. The summed E-state index contributed by atoms with van der Waals surface area (Å²) < 4.78 is 18.8. The van der Waals surface area contributed by atoms with Gasteiger partial charge in [0.15, 0.2) is 0 Å². The average molecular weight is 345 g/mol. The van der Waals surface area contributed by atoms with Gasteiger partial charge in [0.05, 0.1) is 18.1 Å². The van der Waals surface area contributed by atoms with Gasteiger partial charge in [-0.05, 0) is 56.2 Å². The molecule has 2 rings (SSSR count). The van der Waals surface area contributed by atoms with Gasteiger partial charge in [-0.3, -0.25) is 4.79 Å². The summed E-state index contributed by atoms with van der Waals surface area (Å²) in [5, 5.41) is 12.9. The van der Waals surface area contributed by atoms with Crippen molar-refractivity contribution in [2.75, 3.05) is 6.54 Å². The van der Waals surface area contributed by atoms with Gasteiger partial charge in [0, 0.05) is 6.54 Å². The van der Waals surface area contributed by atoms with Crippen LogP contribution in [0.1, 0.15) is 43.9 Å². The van der Waals surface area contributed by atoms with Crippen molar-refractivity contribution in [2.45, 2.75) is 38.9 Å². The number of amides is 1. The monoisotopic (exact) mass is 345 g/mol. The molecule has 0 spiro atoms. The lowest BCUT2D eigenvalue weighted by molar-refractivity contribution is -0.122. The molecule has 0 bridgehead atoms. The highest BCUT2D eigenvalue weighted by atomic mass is 19.1. The average Bonchev–Trinajstić information content (AvgIpc) is 2.58. The van der Waals surface area contributed by atoms with Crippen molar-refractivity contribution in [1.29, 1.82) is 0 Å². The van der Waals surface area contributed by atoms with Crippen molar-refractivity contribution in [2.24, 2.45) is 0 Å². The van der Waals surface area contributed by atoms with Crippen LogP contribution in [0.2, 0.25) is 0 Å². The number of carbonyl (C=O) groups is 1. The SMILES string of the molecule is CC(C)Oc1ccc(C(O)CNC(=O)C(C)c2cccc(F)c2)cc1. The third-order valence-corrected chi connectivity index (χ3v) is 3.85. The topological polar surface area (TPSA) is 58.6 Å². The van der Waals surface area contributed by atoms with E-state index in [0.29, 0.717) is 11.1 Å². The van der Waals surface area contributed by atoms with E-state index in [1.807, 2.05) is 13.8 Å². The zero-order valence-corrected chi connectivity index (χ0v) is 14.7. The predicted molar refractivity (Wildman–Crippen MR) is 95.0 cm³/mol. The summed E-state index contributed by atoms with van der Waals surface area (Å²) in [5.74, 6) is -0.398. The minimum atomic E-state index is -0.822. The molecule has 2 unspecified atom stereocenters. The maximum Gasteiger partial charge on any atom is 0.227 e. The van der Waals surface area contributed by atoms with E-state index in [1.54, 1.807) is 43.3 Å². The summed E-state index contributed by atoms with van der Waals surface area (Å²) in [6.07, 6.45) is -0.740. The molecular formula is C20H24FNO3. The van der Waals surface area contributed by atoms with Crippen LogP contribution in [0.3, 0.4) is 0 Å². The van der Waals surface area contributed by atoms with E-state index in [2.05, 4.69) is 5.32 Å². The minimum absolute atomic E-state index is 0.0828. The first kappa shape index (κ1) is 18.9. The highest BCUT2D eigenvalue weighted by Gasteiger charge is 2.17. The lowest BCUT2D eigenvalue weighted by Crippen LogP contribution is -2.31. The van der Waals surface area contributed by atoms with Crippen LogP contribution in [-0.4, -0.2) is 23.7 Å². The number of aliphatic hydroxyl groups excluding tert-OH is 1. The second-order valence-electron chi connectivity index (χ2n) is 6.27. The number of carbonyl (C=O) groups excluding carboxylic acids is 1. The molecule has 2 N–H and O–H groups in total. The van der Waals surface area contributed by atoms with Crippen molar-refractivity contribution in [1.82, 2.24) is 5.32 Å². The Morgan fingerprint density at radius 2 is 1.80 bits per heavy atom. The third kappa shape index (κ3) is 5.57. The van der Waals surface area contributed by atoms with E-state index in [-0.39, 0.29) is 24.4 Å². The summed E-state index contributed by atoms with van der Waals surface area (Å²) in [6.45, 7) is 5.67. The van der Waals surface area contributed by atoms with Crippen LogP contribution >= 0.6 is 0 Å². The largest absolute Gasteiger partial charge is 0.491 e. The predicted octanol–water partition coefficient (Wildman–Crippen LogP) is 3.57. The summed E-state index contributed by atoms with van der Waals surface area (Å²) >= 11 is 0. The maximum atomic E-state index is 13.3. The van der Waals surface area contributed by atoms with Gasteiger partial charge in [-0.15, -0.1) is 0 Å². The lowest BCUT2D eigenvalue weighted by Gasteiger charge is -2.16. The molecule has 1 amide bonds. The maximum absolute atomic E-state index is 13.3. The number of benzene rings is 2. The smallest absolute Gasteiger partial charge is 0.227 e. The zero-order chi connectivity index (χ0) is 18.4. The van der Waals surface area contributed by atoms with E-state index >= 15 is 0 Å². The van der Waals surface area contributed by atoms with E-state index < -0.39 is 12.0 Å². The first-order valence-electron chi connectivity index (χ1n) is 8.34. The van der Waals surface area contributed by atoms with E-state index in [4.69, 9.17) is 4.74 Å². The Labute approximate surface area is 147 Å². The van der Waals surface area contributed by atoms with Gasteiger partial charge in [0.1, 0.15) is 11.6 Å². The molecule has 0 radical (unpaired) electrons. The van der Waals surface area contributed by atoms with Crippen molar-refractivity contribution < 1.29 is 19.0 Å². The van der Waals surface area contributed by atoms with Crippen LogP contribution in [0.25, 0.3) is 0 Å². The molecule has 134 valence electrons. The number of ether oxygens (including phenoxy) is 1. The molecular weight excluding hydrogens is 321 g/mol. The van der Waals surface area contributed by atoms with Crippen LogP contribution in [0, 0.1) is 5.82 Å². The Balaban J connectivity index is 1.90. The number of hydrogen-bond acceptors (Lipinski definition) is 3. The Hall–Kier alpha value is -2.40. The standard InChI is InChI=1S/C20H24FNO3/c1-13(2)25-18-9-7-15(8-10-18)19(23)12-22-20(24)14(3)16-5-4-6-17(21)11-16/h4-11,13-14,19,23H,12H2,1-3H3,(H,22,24). The van der Waals surface area contributed by atoms with E-state index in [0.717, 1.165) is 5.75 Å². The Morgan fingerprint density at radius 3 is 2.40 bits per heavy atom. The normalized spacial score (nSPS) is 13.4. The van der Waals surface area contributed by atoms with E-state index in [9.17, 15) is 14.3 Å². The van der Waals surface area contributed by atoms with Crippen molar-refractivity contribution >= 4 is 5.91 Å². The molecule has 2 aromatic rings. The zero-order valence-electron chi connectivity index (χ0n) is 14.7. The molecule has 2 atom stereocenters. The molecule has 2 aromatic carbocycles. The van der Waals surface area contributed by atoms with Gasteiger partial charge in [0.25, 0.3) is 0 Å². The Kier molecular flexibility index (Phi) is 6.53. The minimum Gasteiger partial charge on any atom is -0.491 e. The second-order valence-corrected chi connectivity index (χ2v) is 6.27.